The van der Waals surface area contributed by atoms with Gasteiger partial charge < -0.3 is 5.32 Å². The van der Waals surface area contributed by atoms with Crippen LogP contribution >= 0.6 is 22.9 Å². The van der Waals surface area contributed by atoms with Gasteiger partial charge in [0, 0.05) is 23.4 Å². The number of nitrogens with one attached hydrogen (secondary N) is 1. The highest BCUT2D eigenvalue weighted by Crippen LogP contribution is 2.53. The molecule has 0 aromatic carbocycles. The van der Waals surface area contributed by atoms with Crippen molar-refractivity contribution >= 4 is 34.1 Å². The van der Waals surface area contributed by atoms with Crippen LogP contribution in [0.15, 0.2) is 0 Å². The fourth-order valence-corrected chi connectivity index (χ4v) is 3.11. The van der Waals surface area contributed by atoms with Gasteiger partial charge in [0.15, 0.2) is 0 Å². The van der Waals surface area contributed by atoms with E-state index in [9.17, 15) is 4.79 Å². The maximum atomic E-state index is 12.0. The molecule has 2 atom stereocenters. The quantitative estimate of drug-likeness (QED) is 0.855. The van der Waals surface area contributed by atoms with E-state index in [0.717, 1.165) is 11.4 Å². The average Bonchev–Trinajstić information content (AvgIpc) is 2.74. The Morgan fingerprint density at radius 2 is 2.11 bits per heavy atom. The lowest BCUT2D eigenvalue weighted by molar-refractivity contribution is 0.239. The molecule has 2 rings (SSSR count). The average molecular weight is 303 g/mol. The normalized spacial score (nSPS) is 26.1. The second kappa shape index (κ2) is 4.59. The highest BCUT2D eigenvalue weighted by Gasteiger charge is 2.53. The van der Waals surface area contributed by atoms with E-state index in [-0.39, 0.29) is 22.4 Å². The van der Waals surface area contributed by atoms with Gasteiger partial charge in [0.1, 0.15) is 5.01 Å². The Hall–Kier alpha value is -0.880. The Morgan fingerprint density at radius 1 is 1.53 bits per heavy atom. The summed E-state index contributed by atoms with van der Waals surface area (Å²) in [6.07, 6.45) is 0.918. The third kappa shape index (κ3) is 3.00. The zero-order valence-corrected chi connectivity index (χ0v) is 13.4. The molecule has 7 heteroatoms. The van der Waals surface area contributed by atoms with E-state index in [0.29, 0.717) is 5.13 Å². The summed E-state index contributed by atoms with van der Waals surface area (Å²) in [5.74, 6) is 0. The molecule has 1 aliphatic carbocycles. The predicted octanol–water partition coefficient (Wildman–Crippen LogP) is 2.75. The van der Waals surface area contributed by atoms with Crippen molar-refractivity contribution in [1.82, 2.24) is 15.5 Å². The molecule has 1 saturated carbocycles. The van der Waals surface area contributed by atoms with Gasteiger partial charge in [0.05, 0.1) is 0 Å². The van der Waals surface area contributed by atoms with Crippen LogP contribution in [0.3, 0.4) is 0 Å². The van der Waals surface area contributed by atoms with Gasteiger partial charge in [-0.2, -0.15) is 0 Å². The zero-order valence-electron chi connectivity index (χ0n) is 11.8. The van der Waals surface area contributed by atoms with Crippen LogP contribution in [0.1, 0.15) is 39.1 Å². The number of amides is 2. The number of urea groups is 1. The van der Waals surface area contributed by atoms with Crippen molar-refractivity contribution in [2.75, 3.05) is 11.9 Å². The van der Waals surface area contributed by atoms with Gasteiger partial charge in [-0.25, -0.2) is 4.79 Å². The Bertz CT molecular complexity index is 498. The number of aromatic nitrogens is 2. The van der Waals surface area contributed by atoms with Gasteiger partial charge >= 0.3 is 6.03 Å². The molecule has 19 heavy (non-hydrogen) atoms. The molecule has 0 aliphatic heterocycles. The minimum atomic E-state index is -0.275. The van der Waals surface area contributed by atoms with Gasteiger partial charge in [-0.05, 0) is 27.2 Å². The highest BCUT2D eigenvalue weighted by atomic mass is 35.5. The summed E-state index contributed by atoms with van der Waals surface area (Å²) in [7, 11) is 1.69. The third-order valence-corrected chi connectivity index (χ3v) is 5.03. The summed E-state index contributed by atoms with van der Waals surface area (Å²) in [5, 5.41) is 12.8. The number of hydrogen-bond donors (Lipinski definition) is 1. The smallest absolute Gasteiger partial charge is 0.323 e. The molecule has 0 spiro atoms. The van der Waals surface area contributed by atoms with Crippen LogP contribution in [0.2, 0.25) is 0 Å². The van der Waals surface area contributed by atoms with Crippen molar-refractivity contribution in [2.24, 2.45) is 0 Å². The topological polar surface area (TPSA) is 58.1 Å². The summed E-state index contributed by atoms with van der Waals surface area (Å²) in [6, 6.07) is -0.182. The first kappa shape index (κ1) is 14.5. The number of halogens is 1. The Kier molecular flexibility index (Phi) is 3.51. The number of nitrogens with zero attached hydrogens (tertiary/aromatic N) is 3. The highest BCUT2D eigenvalue weighted by molar-refractivity contribution is 7.15. The first-order chi connectivity index (χ1) is 8.63. The summed E-state index contributed by atoms with van der Waals surface area (Å²) >= 11 is 7.54. The third-order valence-electron chi connectivity index (χ3n) is 3.11. The lowest BCUT2D eigenvalue weighted by Gasteiger charge is -2.24. The van der Waals surface area contributed by atoms with E-state index >= 15 is 0 Å². The molecule has 1 heterocycles. The molecule has 1 N–H and O–H groups in total. The molecule has 1 aromatic rings. The second-order valence-corrected chi connectivity index (χ2v) is 7.70. The van der Waals surface area contributed by atoms with Crippen molar-refractivity contribution in [3.05, 3.63) is 5.01 Å². The van der Waals surface area contributed by atoms with E-state index in [4.69, 9.17) is 11.6 Å². The number of alkyl halides is 1. The van der Waals surface area contributed by atoms with Crippen LogP contribution in [0.4, 0.5) is 9.93 Å². The maximum Gasteiger partial charge on any atom is 0.323 e. The van der Waals surface area contributed by atoms with Gasteiger partial charge in [-0.15, -0.1) is 21.8 Å². The summed E-state index contributed by atoms with van der Waals surface area (Å²) < 4.78 is 0. The van der Waals surface area contributed by atoms with E-state index in [1.165, 1.54) is 16.2 Å². The van der Waals surface area contributed by atoms with E-state index in [2.05, 4.69) is 22.4 Å². The van der Waals surface area contributed by atoms with E-state index in [1.807, 2.05) is 20.8 Å². The summed E-state index contributed by atoms with van der Waals surface area (Å²) in [6.45, 7) is 7.89. The van der Waals surface area contributed by atoms with Crippen molar-refractivity contribution in [1.29, 1.82) is 0 Å². The van der Waals surface area contributed by atoms with Crippen molar-refractivity contribution in [3.8, 4) is 0 Å². The molecule has 0 saturated heterocycles. The van der Waals surface area contributed by atoms with Crippen LogP contribution in [0.25, 0.3) is 0 Å². The zero-order chi connectivity index (χ0) is 14.4. The largest absolute Gasteiger partial charge is 0.333 e. The van der Waals surface area contributed by atoms with Gasteiger partial charge in [0.2, 0.25) is 5.13 Å². The monoisotopic (exact) mass is 302 g/mol. The number of hydrogen-bond acceptors (Lipinski definition) is 4. The number of anilines is 1. The van der Waals surface area contributed by atoms with Gasteiger partial charge in [0.25, 0.3) is 0 Å². The Balaban J connectivity index is 2.08. The number of carbonyl (C=O) groups excluding carboxylic acids is 1. The van der Waals surface area contributed by atoms with Crippen molar-refractivity contribution < 1.29 is 4.79 Å². The SMILES string of the molecule is CN(C(=O)NC(C)(C)C)c1nnc(C2(C)CC2Cl)s1. The lowest BCUT2D eigenvalue weighted by Crippen LogP contribution is -2.47. The minimum absolute atomic E-state index is 0.0706. The summed E-state index contributed by atoms with van der Waals surface area (Å²) in [4.78, 5) is 13.5. The minimum Gasteiger partial charge on any atom is -0.333 e. The van der Waals surface area contributed by atoms with Crippen LogP contribution < -0.4 is 10.2 Å². The lowest BCUT2D eigenvalue weighted by atomic mass is 10.1. The first-order valence-corrected chi connectivity index (χ1v) is 7.43. The molecular formula is C12H19ClN4OS. The molecule has 2 unspecified atom stereocenters. The molecule has 2 amide bonds. The summed E-state index contributed by atoms with van der Waals surface area (Å²) in [5.41, 5.74) is -0.346. The first-order valence-electron chi connectivity index (χ1n) is 6.17. The molecule has 5 nitrogen and oxygen atoms in total. The van der Waals surface area contributed by atoms with Crippen LogP contribution in [0.5, 0.6) is 0 Å². The van der Waals surface area contributed by atoms with Crippen molar-refractivity contribution in [2.45, 2.75) is 50.4 Å². The Labute approximate surface area is 122 Å². The molecular weight excluding hydrogens is 284 g/mol. The molecule has 0 radical (unpaired) electrons. The predicted molar refractivity (Wildman–Crippen MR) is 78.2 cm³/mol. The molecule has 0 bridgehead atoms. The second-order valence-electron chi connectivity index (χ2n) is 6.22. The molecule has 1 aromatic heterocycles. The number of rotatable bonds is 2. The van der Waals surface area contributed by atoms with Gasteiger partial charge in [-0.3, -0.25) is 4.90 Å². The van der Waals surface area contributed by atoms with E-state index < -0.39 is 0 Å². The molecule has 1 fully saturated rings. The van der Waals surface area contributed by atoms with Crippen LogP contribution in [-0.4, -0.2) is 34.2 Å². The number of carbonyl (C=O) groups is 1. The van der Waals surface area contributed by atoms with Crippen LogP contribution in [-0.2, 0) is 5.41 Å². The Morgan fingerprint density at radius 3 is 2.58 bits per heavy atom. The maximum absolute atomic E-state index is 12.0. The molecule has 106 valence electrons. The van der Waals surface area contributed by atoms with Crippen molar-refractivity contribution in [3.63, 3.8) is 0 Å². The fourth-order valence-electron chi connectivity index (χ4n) is 1.61. The fraction of sp³-hybridized carbons (Fsp3) is 0.750. The van der Waals surface area contributed by atoms with E-state index in [1.54, 1.807) is 7.05 Å². The van der Waals surface area contributed by atoms with Gasteiger partial charge in [-0.1, -0.05) is 18.3 Å². The molecule has 1 aliphatic rings. The van der Waals surface area contributed by atoms with Crippen LogP contribution in [0, 0.1) is 0 Å². The standard InChI is InChI=1S/C12H19ClN4OS/c1-11(2,3)14-9(18)17(5)10-16-15-8(19-10)12(4)6-7(12)13/h7H,6H2,1-5H3,(H,14,18).